The van der Waals surface area contributed by atoms with E-state index in [4.69, 9.17) is 5.73 Å². The van der Waals surface area contributed by atoms with Gasteiger partial charge in [0, 0.05) is 25.3 Å². The van der Waals surface area contributed by atoms with Crippen LogP contribution in [0.2, 0.25) is 0 Å². The van der Waals surface area contributed by atoms with Crippen LogP contribution in [0.3, 0.4) is 0 Å². The molecule has 2 rings (SSSR count). The van der Waals surface area contributed by atoms with Crippen LogP contribution in [0.1, 0.15) is 31.2 Å². The first kappa shape index (κ1) is 13.2. The second-order valence-electron chi connectivity index (χ2n) is 5.07. The van der Waals surface area contributed by atoms with E-state index in [1.807, 2.05) is 19.9 Å². The van der Waals surface area contributed by atoms with Crippen molar-refractivity contribution < 1.29 is 5.11 Å². The zero-order valence-electron chi connectivity index (χ0n) is 11.1. The topological polar surface area (TPSA) is 75.3 Å². The molecule has 0 radical (unpaired) electrons. The van der Waals surface area contributed by atoms with Crippen LogP contribution in [0.4, 0.5) is 5.95 Å². The van der Waals surface area contributed by atoms with E-state index in [1.165, 1.54) is 0 Å². The van der Waals surface area contributed by atoms with E-state index in [0.717, 1.165) is 43.3 Å². The molecular formula is C13H22N4O. The minimum absolute atomic E-state index is 0.217. The molecule has 0 amide bonds. The molecule has 5 nitrogen and oxygen atoms in total. The van der Waals surface area contributed by atoms with Crippen LogP contribution < -0.4 is 10.6 Å². The van der Waals surface area contributed by atoms with Crippen LogP contribution in [0.25, 0.3) is 0 Å². The van der Waals surface area contributed by atoms with Gasteiger partial charge < -0.3 is 15.7 Å². The van der Waals surface area contributed by atoms with Gasteiger partial charge in [-0.3, -0.25) is 0 Å². The maximum absolute atomic E-state index is 9.59. The molecule has 1 atom stereocenters. The number of hydrogen-bond donors (Lipinski definition) is 2. The Balaban J connectivity index is 2.07. The van der Waals surface area contributed by atoms with Crippen molar-refractivity contribution in [3.63, 3.8) is 0 Å². The number of piperidine rings is 1. The highest BCUT2D eigenvalue weighted by Gasteiger charge is 2.24. The highest BCUT2D eigenvalue weighted by molar-refractivity contribution is 5.33. The van der Waals surface area contributed by atoms with Gasteiger partial charge in [-0.05, 0) is 38.7 Å². The molecule has 1 aromatic rings. The zero-order chi connectivity index (χ0) is 13.1. The molecule has 1 aromatic heterocycles. The van der Waals surface area contributed by atoms with Crippen molar-refractivity contribution in [1.29, 1.82) is 0 Å². The lowest BCUT2D eigenvalue weighted by molar-refractivity contribution is 0.109. The van der Waals surface area contributed by atoms with Gasteiger partial charge in [0.1, 0.15) is 0 Å². The summed E-state index contributed by atoms with van der Waals surface area (Å²) < 4.78 is 0. The molecule has 0 bridgehead atoms. The Morgan fingerprint density at radius 2 is 2.11 bits per heavy atom. The number of aryl methyl sites for hydroxylation is 1. The maximum atomic E-state index is 9.59. The van der Waals surface area contributed by atoms with Gasteiger partial charge in [-0.2, -0.15) is 0 Å². The van der Waals surface area contributed by atoms with Gasteiger partial charge in [0.25, 0.3) is 0 Å². The fourth-order valence-corrected chi connectivity index (χ4v) is 2.44. The van der Waals surface area contributed by atoms with E-state index in [9.17, 15) is 5.11 Å². The molecule has 3 N–H and O–H groups in total. The van der Waals surface area contributed by atoms with Crippen molar-refractivity contribution in [2.75, 3.05) is 18.0 Å². The van der Waals surface area contributed by atoms with Crippen molar-refractivity contribution >= 4 is 5.95 Å². The summed E-state index contributed by atoms with van der Waals surface area (Å²) in [6.45, 7) is 6.09. The monoisotopic (exact) mass is 250 g/mol. The largest absolute Gasteiger partial charge is 0.393 e. The molecule has 18 heavy (non-hydrogen) atoms. The third kappa shape index (κ3) is 2.97. The molecule has 5 heteroatoms. The van der Waals surface area contributed by atoms with Gasteiger partial charge in [-0.15, -0.1) is 0 Å². The maximum Gasteiger partial charge on any atom is 0.225 e. The molecule has 1 saturated heterocycles. The number of aliphatic hydroxyl groups is 1. The molecule has 1 aliphatic rings. The first-order valence-corrected chi connectivity index (χ1v) is 6.58. The van der Waals surface area contributed by atoms with Crippen molar-refractivity contribution in [3.05, 3.63) is 17.5 Å². The molecule has 0 aromatic carbocycles. The quantitative estimate of drug-likeness (QED) is 0.831. The van der Waals surface area contributed by atoms with Crippen molar-refractivity contribution in [2.45, 2.75) is 39.3 Å². The minimum atomic E-state index is -0.217. The highest BCUT2D eigenvalue weighted by Crippen LogP contribution is 2.23. The van der Waals surface area contributed by atoms with E-state index >= 15 is 0 Å². The number of rotatable bonds is 3. The van der Waals surface area contributed by atoms with Crippen LogP contribution in [0.5, 0.6) is 0 Å². The molecule has 0 saturated carbocycles. The standard InChI is InChI=1S/C13H22N4O/c1-9-7-12(8-14)16-13(15-9)17-5-3-11(4-6-17)10(2)18/h7,10-11,18H,3-6,8,14H2,1-2H3. The number of nitrogens with zero attached hydrogens (tertiary/aromatic N) is 3. The first-order valence-electron chi connectivity index (χ1n) is 6.58. The lowest BCUT2D eigenvalue weighted by Crippen LogP contribution is -2.38. The second kappa shape index (κ2) is 5.63. The predicted molar refractivity (Wildman–Crippen MR) is 71.3 cm³/mol. The number of nitrogens with two attached hydrogens (primary N) is 1. The van der Waals surface area contributed by atoms with Crippen LogP contribution in [0, 0.1) is 12.8 Å². The summed E-state index contributed by atoms with van der Waals surface area (Å²) in [5, 5.41) is 9.59. The van der Waals surface area contributed by atoms with Crippen molar-refractivity contribution in [3.8, 4) is 0 Å². The van der Waals surface area contributed by atoms with E-state index in [2.05, 4.69) is 14.9 Å². The number of aromatic nitrogens is 2. The lowest BCUT2D eigenvalue weighted by atomic mass is 9.92. The van der Waals surface area contributed by atoms with Gasteiger partial charge >= 0.3 is 0 Å². The summed E-state index contributed by atoms with van der Waals surface area (Å²) in [7, 11) is 0. The van der Waals surface area contributed by atoms with Crippen LogP contribution in [0.15, 0.2) is 6.07 Å². The summed E-state index contributed by atoms with van der Waals surface area (Å²) in [6, 6.07) is 1.92. The van der Waals surface area contributed by atoms with Crippen molar-refractivity contribution in [2.24, 2.45) is 11.7 Å². The Hall–Kier alpha value is -1.20. The molecule has 1 unspecified atom stereocenters. The van der Waals surface area contributed by atoms with Gasteiger partial charge in [0.05, 0.1) is 11.8 Å². The van der Waals surface area contributed by atoms with Crippen molar-refractivity contribution in [1.82, 2.24) is 9.97 Å². The molecule has 0 spiro atoms. The lowest BCUT2D eigenvalue weighted by Gasteiger charge is -2.33. The summed E-state index contributed by atoms with van der Waals surface area (Å²) in [6.07, 6.45) is 1.77. The number of hydrogen-bond acceptors (Lipinski definition) is 5. The first-order chi connectivity index (χ1) is 8.60. The molecule has 100 valence electrons. The summed E-state index contributed by atoms with van der Waals surface area (Å²) in [5.74, 6) is 1.18. The Morgan fingerprint density at radius 1 is 1.44 bits per heavy atom. The highest BCUT2D eigenvalue weighted by atomic mass is 16.3. The van der Waals surface area contributed by atoms with Crippen LogP contribution in [-0.4, -0.2) is 34.3 Å². The van der Waals surface area contributed by atoms with E-state index in [1.54, 1.807) is 0 Å². The van der Waals surface area contributed by atoms with E-state index in [0.29, 0.717) is 12.5 Å². The van der Waals surface area contributed by atoms with Gasteiger partial charge in [-0.25, -0.2) is 9.97 Å². The fourth-order valence-electron chi connectivity index (χ4n) is 2.44. The van der Waals surface area contributed by atoms with E-state index < -0.39 is 0 Å². The molecule has 0 aliphatic carbocycles. The predicted octanol–water partition coefficient (Wildman–Crippen LogP) is 0.841. The fraction of sp³-hybridized carbons (Fsp3) is 0.692. The van der Waals surface area contributed by atoms with Crippen LogP contribution in [-0.2, 0) is 6.54 Å². The summed E-state index contributed by atoms with van der Waals surface area (Å²) in [5.41, 5.74) is 7.48. The third-order valence-electron chi connectivity index (χ3n) is 3.61. The Morgan fingerprint density at radius 3 is 2.67 bits per heavy atom. The van der Waals surface area contributed by atoms with Gasteiger partial charge in [0.2, 0.25) is 5.95 Å². The zero-order valence-corrected chi connectivity index (χ0v) is 11.1. The molecule has 1 fully saturated rings. The SMILES string of the molecule is Cc1cc(CN)nc(N2CCC(C(C)O)CC2)n1. The average molecular weight is 250 g/mol. The normalized spacial score (nSPS) is 19.0. The Labute approximate surface area is 108 Å². The smallest absolute Gasteiger partial charge is 0.225 e. The van der Waals surface area contributed by atoms with Gasteiger partial charge in [0.15, 0.2) is 0 Å². The molecular weight excluding hydrogens is 228 g/mol. The Kier molecular flexibility index (Phi) is 4.14. The number of anilines is 1. The second-order valence-corrected chi connectivity index (χ2v) is 5.07. The summed E-state index contributed by atoms with van der Waals surface area (Å²) >= 11 is 0. The third-order valence-corrected chi connectivity index (χ3v) is 3.61. The molecule has 2 heterocycles. The summed E-state index contributed by atoms with van der Waals surface area (Å²) in [4.78, 5) is 11.1. The average Bonchev–Trinajstić information content (AvgIpc) is 2.38. The minimum Gasteiger partial charge on any atom is -0.393 e. The van der Waals surface area contributed by atoms with Crippen LogP contribution >= 0.6 is 0 Å². The van der Waals surface area contributed by atoms with E-state index in [-0.39, 0.29) is 6.10 Å². The molecule has 1 aliphatic heterocycles. The van der Waals surface area contributed by atoms with Gasteiger partial charge in [-0.1, -0.05) is 0 Å². The number of aliphatic hydroxyl groups excluding tert-OH is 1. The Bertz CT molecular complexity index is 400.